The van der Waals surface area contributed by atoms with Crippen molar-refractivity contribution in [3.63, 3.8) is 0 Å². The van der Waals surface area contributed by atoms with E-state index in [1.165, 1.54) is 12.1 Å². The van der Waals surface area contributed by atoms with Crippen LogP contribution in [0.1, 0.15) is 20.8 Å². The highest BCUT2D eigenvalue weighted by molar-refractivity contribution is 7.89. The maximum atomic E-state index is 12.0. The smallest absolute Gasteiger partial charge is 0.242 e. The molecule has 1 atom stereocenters. The first kappa shape index (κ1) is 16.6. The number of sulfonamides is 1. The van der Waals surface area contributed by atoms with Crippen LogP contribution in [0, 0.1) is 5.92 Å². The van der Waals surface area contributed by atoms with Crippen LogP contribution in [0.4, 0.5) is 5.69 Å². The Balaban J connectivity index is 3.06. The molecule has 20 heavy (non-hydrogen) atoms. The number of benzene rings is 1. The third kappa shape index (κ3) is 4.03. The van der Waals surface area contributed by atoms with Gasteiger partial charge >= 0.3 is 0 Å². The molecule has 0 aliphatic heterocycles. The molecule has 6 nitrogen and oxygen atoms in total. The topological polar surface area (TPSA) is 101 Å². The molecule has 0 unspecified atom stereocenters. The largest absolute Gasteiger partial charge is 0.324 e. The number of nitrogens with two attached hydrogens (primary N) is 1. The molecule has 1 rings (SSSR count). The molecule has 112 valence electrons. The van der Waals surface area contributed by atoms with Crippen molar-refractivity contribution in [1.29, 1.82) is 0 Å². The van der Waals surface area contributed by atoms with E-state index in [9.17, 15) is 13.2 Å². The van der Waals surface area contributed by atoms with Gasteiger partial charge in [-0.3, -0.25) is 4.79 Å². The number of rotatable bonds is 6. The molecular formula is C13H21N3O3S. The molecule has 0 fully saturated rings. The van der Waals surface area contributed by atoms with Crippen LogP contribution in [0.5, 0.6) is 0 Å². The van der Waals surface area contributed by atoms with Crippen molar-refractivity contribution in [2.24, 2.45) is 11.7 Å². The lowest BCUT2D eigenvalue weighted by molar-refractivity contribution is -0.118. The summed E-state index contributed by atoms with van der Waals surface area (Å²) in [4.78, 5) is 12.0. The van der Waals surface area contributed by atoms with Crippen LogP contribution in [-0.2, 0) is 14.8 Å². The van der Waals surface area contributed by atoms with E-state index in [2.05, 4.69) is 10.0 Å². The van der Waals surface area contributed by atoms with Crippen LogP contribution in [-0.4, -0.2) is 26.9 Å². The van der Waals surface area contributed by atoms with Crippen LogP contribution in [0.3, 0.4) is 0 Å². The van der Waals surface area contributed by atoms with E-state index in [1.807, 2.05) is 13.8 Å². The number of anilines is 1. The summed E-state index contributed by atoms with van der Waals surface area (Å²) in [5.74, 6) is -0.438. The van der Waals surface area contributed by atoms with Gasteiger partial charge in [0.05, 0.1) is 11.7 Å². The molecule has 0 aliphatic rings. The molecule has 0 bridgehead atoms. The number of carbonyl (C=O) groups is 1. The fourth-order valence-electron chi connectivity index (χ4n) is 1.59. The number of nitrogens with one attached hydrogen (secondary N) is 2. The molecule has 0 radical (unpaired) electrons. The summed E-state index contributed by atoms with van der Waals surface area (Å²) in [5.41, 5.74) is 5.98. The number of hydrogen-bond donors (Lipinski definition) is 3. The van der Waals surface area contributed by atoms with E-state index in [1.54, 1.807) is 19.1 Å². The molecule has 1 aromatic rings. The molecule has 7 heteroatoms. The van der Waals surface area contributed by atoms with Gasteiger partial charge < -0.3 is 11.1 Å². The van der Waals surface area contributed by atoms with Crippen molar-refractivity contribution in [2.75, 3.05) is 11.9 Å². The van der Waals surface area contributed by atoms with E-state index in [4.69, 9.17) is 5.73 Å². The summed E-state index contributed by atoms with van der Waals surface area (Å²) in [6, 6.07) is 5.54. The van der Waals surface area contributed by atoms with Crippen LogP contribution in [0.25, 0.3) is 0 Å². The highest BCUT2D eigenvalue weighted by atomic mass is 32.2. The normalized spacial score (nSPS) is 13.2. The molecular weight excluding hydrogens is 278 g/mol. The molecule has 0 heterocycles. The highest BCUT2D eigenvalue weighted by Gasteiger charge is 2.22. The quantitative estimate of drug-likeness (QED) is 0.726. The number of amides is 1. The first-order valence-corrected chi connectivity index (χ1v) is 7.93. The fourth-order valence-corrected chi connectivity index (χ4v) is 2.79. The number of para-hydroxylation sites is 1. The minimum absolute atomic E-state index is 0.0335. The Kier molecular flexibility index (Phi) is 5.67. The van der Waals surface area contributed by atoms with Crippen molar-refractivity contribution < 1.29 is 13.2 Å². The number of hydrogen-bond acceptors (Lipinski definition) is 4. The van der Waals surface area contributed by atoms with E-state index in [0.29, 0.717) is 0 Å². The monoisotopic (exact) mass is 299 g/mol. The van der Waals surface area contributed by atoms with E-state index >= 15 is 0 Å². The summed E-state index contributed by atoms with van der Waals surface area (Å²) in [6.07, 6.45) is 0. The SMILES string of the molecule is CCNS(=O)(=O)c1ccccc1NC(=O)[C@@H](N)C(C)C. The van der Waals surface area contributed by atoms with E-state index in [0.717, 1.165) is 0 Å². The van der Waals surface area contributed by atoms with Crippen molar-refractivity contribution in [2.45, 2.75) is 31.7 Å². The Labute approximate surface area is 119 Å². The Bertz CT molecular complexity index is 570. The lowest BCUT2D eigenvalue weighted by Crippen LogP contribution is -2.40. The van der Waals surface area contributed by atoms with Crippen LogP contribution in [0.2, 0.25) is 0 Å². The predicted molar refractivity (Wildman–Crippen MR) is 78.7 cm³/mol. The van der Waals surface area contributed by atoms with Crippen molar-refractivity contribution >= 4 is 21.6 Å². The van der Waals surface area contributed by atoms with Crippen LogP contribution in [0.15, 0.2) is 29.2 Å². The van der Waals surface area contributed by atoms with Crippen LogP contribution >= 0.6 is 0 Å². The maximum Gasteiger partial charge on any atom is 0.242 e. The van der Waals surface area contributed by atoms with Gasteiger partial charge in [0.15, 0.2) is 0 Å². The third-order valence-electron chi connectivity index (χ3n) is 2.79. The van der Waals surface area contributed by atoms with Crippen LogP contribution < -0.4 is 15.8 Å². The summed E-state index contributed by atoms with van der Waals surface area (Å²) >= 11 is 0. The molecule has 0 saturated heterocycles. The Morgan fingerprint density at radius 1 is 1.30 bits per heavy atom. The Morgan fingerprint density at radius 2 is 1.90 bits per heavy atom. The lowest BCUT2D eigenvalue weighted by atomic mass is 10.1. The summed E-state index contributed by atoms with van der Waals surface area (Å²) in [7, 11) is -3.64. The van der Waals surface area contributed by atoms with E-state index in [-0.39, 0.29) is 23.0 Å². The lowest BCUT2D eigenvalue weighted by Gasteiger charge is -2.17. The van der Waals surface area contributed by atoms with E-state index < -0.39 is 22.0 Å². The van der Waals surface area contributed by atoms with Gasteiger partial charge in [0.25, 0.3) is 0 Å². The molecule has 1 amide bonds. The molecule has 4 N–H and O–H groups in total. The Hall–Kier alpha value is -1.44. The first-order valence-electron chi connectivity index (χ1n) is 6.44. The predicted octanol–water partition coefficient (Wildman–Crippen LogP) is 0.907. The maximum absolute atomic E-state index is 12.0. The minimum atomic E-state index is -3.64. The fraction of sp³-hybridized carbons (Fsp3) is 0.462. The zero-order chi connectivity index (χ0) is 15.3. The van der Waals surface area contributed by atoms with Crippen molar-refractivity contribution in [3.05, 3.63) is 24.3 Å². The molecule has 0 aliphatic carbocycles. The zero-order valence-electron chi connectivity index (χ0n) is 11.9. The van der Waals surface area contributed by atoms with Gasteiger partial charge in [-0.1, -0.05) is 32.9 Å². The van der Waals surface area contributed by atoms with Crippen molar-refractivity contribution in [1.82, 2.24) is 4.72 Å². The second-order valence-electron chi connectivity index (χ2n) is 4.76. The Morgan fingerprint density at radius 3 is 2.45 bits per heavy atom. The van der Waals surface area contributed by atoms with Gasteiger partial charge in [0, 0.05) is 6.54 Å². The summed E-state index contributed by atoms with van der Waals surface area (Å²) in [6.45, 7) is 5.61. The third-order valence-corrected chi connectivity index (χ3v) is 4.39. The first-order chi connectivity index (χ1) is 9.29. The zero-order valence-corrected chi connectivity index (χ0v) is 12.7. The second-order valence-corrected chi connectivity index (χ2v) is 6.49. The highest BCUT2D eigenvalue weighted by Crippen LogP contribution is 2.21. The molecule has 0 saturated carbocycles. The minimum Gasteiger partial charge on any atom is -0.324 e. The number of carbonyl (C=O) groups excluding carboxylic acids is 1. The van der Waals surface area contributed by atoms with Gasteiger partial charge in [0.2, 0.25) is 15.9 Å². The standard InChI is InChI=1S/C13H21N3O3S/c1-4-15-20(18,19)11-8-6-5-7-10(11)16-13(17)12(14)9(2)3/h5-9,12,15H,4,14H2,1-3H3,(H,16,17)/t12-/m0/s1. The second kappa shape index (κ2) is 6.83. The van der Waals surface area contributed by atoms with Gasteiger partial charge in [-0.15, -0.1) is 0 Å². The van der Waals surface area contributed by atoms with Gasteiger partial charge in [0.1, 0.15) is 4.90 Å². The molecule has 1 aromatic carbocycles. The van der Waals surface area contributed by atoms with Crippen molar-refractivity contribution in [3.8, 4) is 0 Å². The van der Waals surface area contributed by atoms with Gasteiger partial charge in [-0.2, -0.15) is 0 Å². The molecule has 0 spiro atoms. The molecule has 0 aromatic heterocycles. The average molecular weight is 299 g/mol. The summed E-state index contributed by atoms with van der Waals surface area (Å²) in [5, 5.41) is 2.57. The van der Waals surface area contributed by atoms with Gasteiger partial charge in [-0.05, 0) is 18.1 Å². The average Bonchev–Trinajstić information content (AvgIpc) is 2.38. The summed E-state index contributed by atoms with van der Waals surface area (Å²) < 4.78 is 26.5. The van der Waals surface area contributed by atoms with Gasteiger partial charge in [-0.25, -0.2) is 13.1 Å².